The maximum absolute atomic E-state index is 13.2. The number of carbonyl (C=O) groups excluding carboxylic acids is 1. The molecule has 3 aromatic carbocycles. The van der Waals surface area contributed by atoms with Crippen LogP contribution in [0, 0.1) is 0 Å². The largest absolute Gasteiger partial charge is 0.272 e. The van der Waals surface area contributed by atoms with E-state index >= 15 is 0 Å². The topological polar surface area (TPSA) is 78.8 Å². The van der Waals surface area contributed by atoms with Gasteiger partial charge in [-0.3, -0.25) is 4.79 Å². The van der Waals surface area contributed by atoms with Crippen molar-refractivity contribution in [2.45, 2.75) is 11.4 Å². The van der Waals surface area contributed by atoms with Gasteiger partial charge in [-0.15, -0.1) is 0 Å². The van der Waals surface area contributed by atoms with Crippen LogP contribution in [0.25, 0.3) is 0 Å². The van der Waals surface area contributed by atoms with Crippen LogP contribution in [0.15, 0.2) is 76.7 Å². The molecule has 0 aromatic heterocycles. The second-order valence-electron chi connectivity index (χ2n) is 6.81. The first-order chi connectivity index (χ1) is 15.6. The van der Waals surface area contributed by atoms with Gasteiger partial charge in [0.15, 0.2) is 0 Å². The van der Waals surface area contributed by atoms with Gasteiger partial charge in [-0.05, 0) is 54.1 Å². The van der Waals surface area contributed by atoms with Gasteiger partial charge in [0, 0.05) is 27.2 Å². The van der Waals surface area contributed by atoms with Gasteiger partial charge in [0.1, 0.15) is 0 Å². The second-order valence-corrected chi connectivity index (χ2v) is 10.5. The zero-order chi connectivity index (χ0) is 24.0. The Morgan fingerprint density at radius 1 is 0.879 bits per heavy atom. The van der Waals surface area contributed by atoms with Crippen LogP contribution in [-0.4, -0.2) is 31.4 Å². The van der Waals surface area contributed by atoms with E-state index in [4.69, 9.17) is 46.4 Å². The molecule has 0 bridgehead atoms. The Labute approximate surface area is 211 Å². The average Bonchev–Trinajstić information content (AvgIpc) is 2.76. The highest BCUT2D eigenvalue weighted by atomic mass is 35.5. The summed E-state index contributed by atoms with van der Waals surface area (Å²) in [6.07, 6.45) is 1.34. The molecular formula is C22H17Cl4N3O3S. The third-order valence-electron chi connectivity index (χ3n) is 4.40. The number of hydrogen-bond acceptors (Lipinski definition) is 4. The van der Waals surface area contributed by atoms with Crippen molar-refractivity contribution in [1.29, 1.82) is 0 Å². The maximum atomic E-state index is 13.2. The molecule has 0 radical (unpaired) electrons. The predicted octanol–water partition coefficient (Wildman–Crippen LogP) is 5.64. The van der Waals surface area contributed by atoms with E-state index < -0.39 is 22.5 Å². The van der Waals surface area contributed by atoms with E-state index in [-0.39, 0.29) is 11.4 Å². The molecule has 0 fully saturated rings. The molecule has 3 aromatic rings. The Morgan fingerprint density at radius 3 is 2.06 bits per heavy atom. The molecule has 0 saturated carbocycles. The highest BCUT2D eigenvalue weighted by Crippen LogP contribution is 2.22. The number of carbonyl (C=O) groups is 1. The molecule has 0 aliphatic heterocycles. The second kappa shape index (κ2) is 11.3. The fraction of sp³-hybridized carbons (Fsp3) is 0.0909. The minimum Gasteiger partial charge on any atom is -0.272 e. The number of hydrazone groups is 1. The van der Waals surface area contributed by atoms with E-state index in [0.717, 1.165) is 4.31 Å². The Kier molecular flexibility index (Phi) is 8.75. The van der Waals surface area contributed by atoms with E-state index in [1.54, 1.807) is 42.5 Å². The smallest absolute Gasteiger partial charge is 0.255 e. The van der Waals surface area contributed by atoms with Crippen LogP contribution >= 0.6 is 46.4 Å². The van der Waals surface area contributed by atoms with Crippen LogP contribution in [0.4, 0.5) is 0 Å². The minimum absolute atomic E-state index is 0.00473. The zero-order valence-electron chi connectivity index (χ0n) is 16.9. The molecule has 172 valence electrons. The molecule has 0 heterocycles. The van der Waals surface area contributed by atoms with Crippen molar-refractivity contribution in [3.8, 4) is 0 Å². The molecule has 0 spiro atoms. The third kappa shape index (κ3) is 7.17. The summed E-state index contributed by atoms with van der Waals surface area (Å²) in [6.45, 7) is -0.526. The molecule has 0 unspecified atom stereocenters. The van der Waals surface area contributed by atoms with Crippen LogP contribution in [-0.2, 0) is 21.4 Å². The van der Waals surface area contributed by atoms with Crippen LogP contribution in [0.3, 0.4) is 0 Å². The number of nitrogens with zero attached hydrogens (tertiary/aromatic N) is 2. The quantitative estimate of drug-likeness (QED) is 0.294. The Morgan fingerprint density at radius 2 is 1.45 bits per heavy atom. The number of benzene rings is 3. The Hall–Kier alpha value is -2.13. The average molecular weight is 545 g/mol. The van der Waals surface area contributed by atoms with Crippen molar-refractivity contribution in [1.82, 2.24) is 9.73 Å². The fourth-order valence-electron chi connectivity index (χ4n) is 2.75. The SMILES string of the molecule is O=C(CN(Cc1ccc(Cl)cc1)S(=O)(=O)c1ccc(Cl)cc1)N/N=C\c1ccc(Cl)cc1Cl. The molecule has 3 rings (SSSR count). The summed E-state index contributed by atoms with van der Waals surface area (Å²) < 4.78 is 27.5. The zero-order valence-corrected chi connectivity index (χ0v) is 20.7. The predicted molar refractivity (Wildman–Crippen MR) is 133 cm³/mol. The van der Waals surface area contributed by atoms with Crippen molar-refractivity contribution in [3.63, 3.8) is 0 Å². The van der Waals surface area contributed by atoms with Gasteiger partial charge in [-0.2, -0.15) is 9.41 Å². The molecular weight excluding hydrogens is 528 g/mol. The summed E-state index contributed by atoms with van der Waals surface area (Å²) in [5, 5.41) is 5.59. The standard InChI is InChI=1S/C22H17Cl4N3O3S/c23-17-4-1-15(2-5-17)13-29(33(31,32)20-9-7-18(24)8-10-20)14-22(30)28-27-12-16-3-6-19(25)11-21(16)26/h1-12H,13-14H2,(H,28,30)/b27-12-. The van der Waals surface area contributed by atoms with Crippen LogP contribution in [0.5, 0.6) is 0 Å². The fourth-order valence-corrected chi connectivity index (χ4v) is 4.84. The van der Waals surface area contributed by atoms with Crippen molar-refractivity contribution in [2.24, 2.45) is 5.10 Å². The lowest BCUT2D eigenvalue weighted by molar-refractivity contribution is -0.121. The molecule has 6 nitrogen and oxygen atoms in total. The van der Waals surface area contributed by atoms with E-state index in [9.17, 15) is 13.2 Å². The normalized spacial score (nSPS) is 11.8. The van der Waals surface area contributed by atoms with E-state index in [1.807, 2.05) is 0 Å². The van der Waals surface area contributed by atoms with E-state index in [2.05, 4.69) is 10.5 Å². The number of halogens is 4. The van der Waals surface area contributed by atoms with Crippen LogP contribution in [0.1, 0.15) is 11.1 Å². The number of hydrogen-bond donors (Lipinski definition) is 1. The molecule has 0 aliphatic rings. The first kappa shape index (κ1) is 25.5. The van der Waals surface area contributed by atoms with Crippen molar-refractivity contribution < 1.29 is 13.2 Å². The highest BCUT2D eigenvalue weighted by Gasteiger charge is 2.27. The van der Waals surface area contributed by atoms with Gasteiger partial charge >= 0.3 is 0 Å². The summed E-state index contributed by atoms with van der Waals surface area (Å²) in [5.74, 6) is -0.636. The van der Waals surface area contributed by atoms with Crippen molar-refractivity contribution in [3.05, 3.63) is 97.9 Å². The van der Waals surface area contributed by atoms with Gasteiger partial charge < -0.3 is 0 Å². The highest BCUT2D eigenvalue weighted by molar-refractivity contribution is 7.89. The number of nitrogens with one attached hydrogen (secondary N) is 1. The van der Waals surface area contributed by atoms with Crippen molar-refractivity contribution in [2.75, 3.05) is 6.54 Å². The monoisotopic (exact) mass is 543 g/mol. The summed E-state index contributed by atoms with van der Waals surface area (Å²) in [5.41, 5.74) is 3.51. The minimum atomic E-state index is -4.02. The van der Waals surface area contributed by atoms with Crippen molar-refractivity contribution >= 4 is 68.5 Å². The van der Waals surface area contributed by atoms with Gasteiger partial charge in [0.2, 0.25) is 10.0 Å². The summed E-state index contributed by atoms with van der Waals surface area (Å²) in [7, 11) is -4.02. The molecule has 0 aliphatic carbocycles. The van der Waals surface area contributed by atoms with Gasteiger partial charge in [-0.1, -0.05) is 64.6 Å². The molecule has 1 amide bonds. The van der Waals surface area contributed by atoms with Gasteiger partial charge in [-0.25, -0.2) is 13.8 Å². The molecule has 0 atom stereocenters. The summed E-state index contributed by atoms with van der Waals surface area (Å²) in [4.78, 5) is 12.5. The molecule has 33 heavy (non-hydrogen) atoms. The number of rotatable bonds is 8. The first-order valence-corrected chi connectivity index (χ1v) is 12.4. The van der Waals surface area contributed by atoms with Crippen LogP contribution < -0.4 is 5.43 Å². The summed E-state index contributed by atoms with van der Waals surface area (Å²) in [6, 6.07) is 17.2. The number of amides is 1. The lowest BCUT2D eigenvalue weighted by Crippen LogP contribution is -2.39. The van der Waals surface area contributed by atoms with E-state index in [1.165, 1.54) is 30.5 Å². The van der Waals surface area contributed by atoms with E-state index in [0.29, 0.717) is 31.2 Å². The maximum Gasteiger partial charge on any atom is 0.255 e. The lowest BCUT2D eigenvalue weighted by Gasteiger charge is -2.21. The van der Waals surface area contributed by atoms with Gasteiger partial charge in [0.05, 0.1) is 22.7 Å². The third-order valence-corrected chi connectivity index (χ3v) is 7.27. The van der Waals surface area contributed by atoms with Gasteiger partial charge in [0.25, 0.3) is 5.91 Å². The molecule has 0 saturated heterocycles. The lowest BCUT2D eigenvalue weighted by atomic mass is 10.2. The number of sulfonamides is 1. The Bertz CT molecular complexity index is 1270. The molecule has 1 N–H and O–H groups in total. The molecule has 11 heteroatoms. The van der Waals surface area contributed by atoms with Crippen LogP contribution in [0.2, 0.25) is 20.1 Å². The Balaban J connectivity index is 1.79. The summed E-state index contributed by atoms with van der Waals surface area (Å²) >= 11 is 23.7. The first-order valence-electron chi connectivity index (χ1n) is 9.42.